The lowest BCUT2D eigenvalue weighted by atomic mass is 10.1. The molecule has 0 bridgehead atoms. The number of thiazole rings is 1. The number of benzene rings is 1. The third-order valence-electron chi connectivity index (χ3n) is 4.61. The molecule has 2 N–H and O–H groups in total. The van der Waals surface area contributed by atoms with Gasteiger partial charge < -0.3 is 24.3 Å². The van der Waals surface area contributed by atoms with Gasteiger partial charge in [0.15, 0.2) is 10.7 Å². The molecule has 4 rings (SSSR count). The summed E-state index contributed by atoms with van der Waals surface area (Å²) in [6.07, 6.45) is 8.79. The van der Waals surface area contributed by atoms with Crippen LogP contribution in [0.15, 0.2) is 28.8 Å². The fourth-order valence-electron chi connectivity index (χ4n) is 3.13. The number of rotatable bonds is 7. The zero-order chi connectivity index (χ0) is 19.3. The summed E-state index contributed by atoms with van der Waals surface area (Å²) in [5.41, 5.74) is 1.31. The lowest BCUT2D eigenvalue weighted by Crippen LogP contribution is -2.29. The van der Waals surface area contributed by atoms with E-state index in [4.69, 9.17) is 19.4 Å². The van der Waals surface area contributed by atoms with Crippen LogP contribution in [-0.4, -0.2) is 52.6 Å². The molecule has 28 heavy (non-hydrogen) atoms. The van der Waals surface area contributed by atoms with Crippen molar-refractivity contribution in [1.29, 1.82) is 0 Å². The number of hydrogen-bond donors (Lipinski definition) is 2. The number of piperidine rings is 1. The molecule has 0 unspecified atom stereocenters. The number of fused-ring (bicyclic) bond motifs is 1. The Morgan fingerprint density at radius 2 is 2.00 bits per heavy atom. The minimum absolute atomic E-state index is 0.257. The molecule has 0 radical (unpaired) electrons. The first-order valence-corrected chi connectivity index (χ1v) is 10.2. The minimum Gasteiger partial charge on any atom is -0.485 e. The molecule has 1 saturated heterocycles. The van der Waals surface area contributed by atoms with Gasteiger partial charge in [-0.3, -0.25) is 0 Å². The van der Waals surface area contributed by atoms with Gasteiger partial charge in [-0.1, -0.05) is 11.3 Å². The highest BCUT2D eigenvalue weighted by atomic mass is 32.1. The highest BCUT2D eigenvalue weighted by Gasteiger charge is 2.14. The van der Waals surface area contributed by atoms with Crippen LogP contribution in [0.5, 0.6) is 5.75 Å². The van der Waals surface area contributed by atoms with Gasteiger partial charge in [0.05, 0.1) is 13.2 Å². The molecule has 148 valence electrons. The van der Waals surface area contributed by atoms with E-state index in [-0.39, 0.29) is 13.2 Å². The Morgan fingerprint density at radius 3 is 2.79 bits per heavy atom. The van der Waals surface area contributed by atoms with Crippen LogP contribution in [0.3, 0.4) is 0 Å². The Morgan fingerprint density at radius 1 is 1.18 bits per heavy atom. The zero-order valence-corrected chi connectivity index (χ0v) is 16.3. The van der Waals surface area contributed by atoms with Gasteiger partial charge in [0.25, 0.3) is 0 Å². The van der Waals surface area contributed by atoms with Gasteiger partial charge in [0, 0.05) is 36.3 Å². The van der Waals surface area contributed by atoms with Gasteiger partial charge in [0.1, 0.15) is 17.4 Å². The predicted molar refractivity (Wildman–Crippen MR) is 110 cm³/mol. The number of hydrogen-bond acceptors (Lipinski definition) is 8. The quantitative estimate of drug-likeness (QED) is 0.628. The standard InChI is InChI=1S/C20H23N3O4S/c24-12-15(13-25)26-14-4-6-17-18(10-14)27-19(22-17)7-5-16-11-21-20(28-16)23-8-2-1-3-9-23/h4-7,10-11,15,24-25H,1-3,8-9,12-13H2. The van der Waals surface area contributed by atoms with Crippen LogP contribution in [0.4, 0.5) is 5.13 Å². The molecule has 3 aromatic rings. The highest BCUT2D eigenvalue weighted by Crippen LogP contribution is 2.27. The van der Waals surface area contributed by atoms with E-state index in [9.17, 15) is 0 Å². The van der Waals surface area contributed by atoms with Gasteiger partial charge in [-0.25, -0.2) is 9.97 Å². The molecule has 0 amide bonds. The van der Waals surface area contributed by atoms with Gasteiger partial charge in [0.2, 0.25) is 5.89 Å². The smallest absolute Gasteiger partial charge is 0.220 e. The summed E-state index contributed by atoms with van der Waals surface area (Å²) >= 11 is 1.67. The number of aromatic nitrogens is 2. The third-order valence-corrected chi connectivity index (χ3v) is 5.64. The molecular weight excluding hydrogens is 378 g/mol. The van der Waals surface area contributed by atoms with Crippen molar-refractivity contribution in [2.45, 2.75) is 25.4 Å². The summed E-state index contributed by atoms with van der Waals surface area (Å²) in [6.45, 7) is 1.65. The molecule has 0 saturated carbocycles. The Labute approximate surface area is 166 Å². The maximum Gasteiger partial charge on any atom is 0.220 e. The molecular formula is C20H23N3O4S. The maximum absolute atomic E-state index is 9.13. The summed E-state index contributed by atoms with van der Waals surface area (Å²) in [5, 5.41) is 19.3. The third kappa shape index (κ3) is 4.35. The van der Waals surface area contributed by atoms with E-state index in [0.717, 1.165) is 28.6 Å². The molecule has 0 atom stereocenters. The van der Waals surface area contributed by atoms with Crippen molar-refractivity contribution in [1.82, 2.24) is 9.97 Å². The highest BCUT2D eigenvalue weighted by molar-refractivity contribution is 7.16. The second-order valence-electron chi connectivity index (χ2n) is 6.71. The van der Waals surface area contributed by atoms with E-state index < -0.39 is 6.10 Å². The molecule has 0 aliphatic carbocycles. The first kappa shape index (κ1) is 18.9. The molecule has 0 spiro atoms. The Kier molecular flexibility index (Phi) is 5.90. The number of aliphatic hydroxyl groups excluding tert-OH is 2. The molecule has 7 nitrogen and oxygen atoms in total. The van der Waals surface area contributed by atoms with Crippen LogP contribution in [0.25, 0.3) is 23.3 Å². The average Bonchev–Trinajstić information content (AvgIpc) is 3.37. The average molecular weight is 401 g/mol. The predicted octanol–water partition coefficient (Wildman–Crippen LogP) is 3.18. The van der Waals surface area contributed by atoms with E-state index in [2.05, 4.69) is 14.9 Å². The minimum atomic E-state index is -0.653. The van der Waals surface area contributed by atoms with Crippen molar-refractivity contribution >= 4 is 39.7 Å². The largest absolute Gasteiger partial charge is 0.485 e. The van der Waals surface area contributed by atoms with E-state index in [1.54, 1.807) is 29.5 Å². The normalized spacial score (nSPS) is 15.2. The van der Waals surface area contributed by atoms with Crippen LogP contribution < -0.4 is 9.64 Å². The van der Waals surface area contributed by atoms with Crippen molar-refractivity contribution in [3.63, 3.8) is 0 Å². The Bertz CT molecular complexity index is 942. The van der Waals surface area contributed by atoms with Crippen molar-refractivity contribution in [2.24, 2.45) is 0 Å². The Hall–Kier alpha value is -2.42. The fourth-order valence-corrected chi connectivity index (χ4v) is 4.00. The zero-order valence-electron chi connectivity index (χ0n) is 15.5. The molecule has 1 aliphatic rings. The second-order valence-corrected chi connectivity index (χ2v) is 7.75. The van der Waals surface area contributed by atoms with Gasteiger partial charge in [-0.2, -0.15) is 0 Å². The maximum atomic E-state index is 9.13. The SMILES string of the molecule is OCC(CO)Oc1ccc2nc(C=Cc3cnc(N4CCCCC4)s3)oc2c1. The monoisotopic (exact) mass is 401 g/mol. The van der Waals surface area contributed by atoms with E-state index in [1.807, 2.05) is 18.3 Å². The number of ether oxygens (including phenoxy) is 1. The van der Waals surface area contributed by atoms with E-state index in [0.29, 0.717) is 17.2 Å². The van der Waals surface area contributed by atoms with Crippen molar-refractivity contribution in [2.75, 3.05) is 31.2 Å². The number of aliphatic hydroxyl groups is 2. The molecule has 2 aromatic heterocycles. The summed E-state index contributed by atoms with van der Waals surface area (Å²) in [6, 6.07) is 5.24. The summed E-state index contributed by atoms with van der Waals surface area (Å²) in [5.74, 6) is 1.02. The molecule has 1 aromatic carbocycles. The van der Waals surface area contributed by atoms with Crippen LogP contribution >= 0.6 is 11.3 Å². The lowest BCUT2D eigenvalue weighted by Gasteiger charge is -2.25. The molecule has 1 fully saturated rings. The number of nitrogens with zero attached hydrogens (tertiary/aromatic N) is 3. The molecule has 8 heteroatoms. The fraction of sp³-hybridized carbons (Fsp3) is 0.400. The van der Waals surface area contributed by atoms with Gasteiger partial charge >= 0.3 is 0 Å². The van der Waals surface area contributed by atoms with Crippen molar-refractivity contribution in [3.05, 3.63) is 35.2 Å². The van der Waals surface area contributed by atoms with E-state index >= 15 is 0 Å². The topological polar surface area (TPSA) is 91.8 Å². The number of anilines is 1. The second kappa shape index (κ2) is 8.72. The van der Waals surface area contributed by atoms with Crippen LogP contribution in [0.1, 0.15) is 30.0 Å². The first-order valence-electron chi connectivity index (χ1n) is 9.43. The van der Waals surface area contributed by atoms with Crippen molar-refractivity contribution in [3.8, 4) is 5.75 Å². The van der Waals surface area contributed by atoms with Gasteiger partial charge in [-0.15, -0.1) is 0 Å². The summed E-state index contributed by atoms with van der Waals surface area (Å²) in [7, 11) is 0. The first-order chi connectivity index (χ1) is 13.7. The van der Waals surface area contributed by atoms with Crippen LogP contribution in [-0.2, 0) is 0 Å². The summed E-state index contributed by atoms with van der Waals surface area (Å²) in [4.78, 5) is 12.4. The van der Waals surface area contributed by atoms with Gasteiger partial charge in [-0.05, 0) is 37.5 Å². The Balaban J connectivity index is 1.46. The van der Waals surface area contributed by atoms with Crippen molar-refractivity contribution < 1.29 is 19.4 Å². The molecule has 3 heterocycles. The molecule has 1 aliphatic heterocycles. The van der Waals surface area contributed by atoms with Crippen LogP contribution in [0.2, 0.25) is 0 Å². The lowest BCUT2D eigenvalue weighted by molar-refractivity contribution is 0.0630. The van der Waals surface area contributed by atoms with Crippen LogP contribution in [0, 0.1) is 0 Å². The summed E-state index contributed by atoms with van der Waals surface area (Å²) < 4.78 is 11.3. The number of oxazole rings is 1. The van der Waals surface area contributed by atoms with E-state index in [1.165, 1.54) is 19.3 Å².